The van der Waals surface area contributed by atoms with E-state index < -0.39 is 0 Å². The minimum Gasteiger partial charge on any atom is -0.369 e. The smallest absolute Gasteiger partial charge is 0.233 e. The number of aromatic nitrogens is 2. The topological polar surface area (TPSA) is 41.4 Å². The van der Waals surface area contributed by atoms with E-state index in [-0.39, 0.29) is 0 Å². The van der Waals surface area contributed by atoms with E-state index in [1.54, 1.807) is 18.1 Å². The number of halogens is 2. The summed E-state index contributed by atoms with van der Waals surface area (Å²) in [6.45, 7) is 0. The van der Waals surface area contributed by atoms with Gasteiger partial charge in [0.05, 0.1) is 6.34 Å². The zero-order valence-electron chi connectivity index (χ0n) is 10.9. The molecule has 4 nitrogen and oxygen atoms in total. The van der Waals surface area contributed by atoms with Crippen molar-refractivity contribution in [3.05, 3.63) is 33.8 Å². The SMILES string of the molecule is CN(C)/C=N/c1nnc(SCc2c(Cl)cccc2Cl)s1. The van der Waals surface area contributed by atoms with Crippen LogP contribution in [-0.2, 0) is 5.75 Å². The Morgan fingerprint density at radius 3 is 2.65 bits per heavy atom. The number of aliphatic imine (C=N–C) groups is 1. The second-order valence-electron chi connectivity index (χ2n) is 4.05. The van der Waals surface area contributed by atoms with Crippen LogP contribution in [0.2, 0.25) is 10.0 Å². The van der Waals surface area contributed by atoms with E-state index in [1.165, 1.54) is 11.3 Å². The van der Waals surface area contributed by atoms with Crippen LogP contribution in [0.25, 0.3) is 0 Å². The van der Waals surface area contributed by atoms with Crippen molar-refractivity contribution in [3.63, 3.8) is 0 Å². The number of nitrogens with zero attached hydrogens (tertiary/aromatic N) is 4. The molecular weight excluding hydrogens is 335 g/mol. The monoisotopic (exact) mass is 346 g/mol. The van der Waals surface area contributed by atoms with Gasteiger partial charge >= 0.3 is 0 Å². The number of thioether (sulfide) groups is 1. The quantitative estimate of drug-likeness (QED) is 0.458. The molecule has 2 rings (SSSR count). The first-order chi connectivity index (χ1) is 9.56. The fourth-order valence-electron chi connectivity index (χ4n) is 1.28. The third-order valence-electron chi connectivity index (χ3n) is 2.20. The predicted molar refractivity (Wildman–Crippen MR) is 87.8 cm³/mol. The average molecular weight is 347 g/mol. The Labute approximate surface area is 135 Å². The summed E-state index contributed by atoms with van der Waals surface area (Å²) in [7, 11) is 3.80. The first-order valence-electron chi connectivity index (χ1n) is 5.66. The van der Waals surface area contributed by atoms with E-state index in [2.05, 4.69) is 15.2 Å². The van der Waals surface area contributed by atoms with Crippen LogP contribution in [0, 0.1) is 0 Å². The van der Waals surface area contributed by atoms with Crippen molar-refractivity contribution in [1.82, 2.24) is 15.1 Å². The molecule has 0 saturated carbocycles. The van der Waals surface area contributed by atoms with Crippen molar-refractivity contribution in [2.45, 2.75) is 10.1 Å². The van der Waals surface area contributed by atoms with Crippen molar-refractivity contribution in [2.75, 3.05) is 14.1 Å². The third kappa shape index (κ3) is 4.34. The van der Waals surface area contributed by atoms with Gasteiger partial charge in [0.15, 0.2) is 4.34 Å². The Balaban J connectivity index is 2.01. The van der Waals surface area contributed by atoms with Gasteiger partial charge in [0, 0.05) is 29.9 Å². The summed E-state index contributed by atoms with van der Waals surface area (Å²) < 4.78 is 0.840. The maximum atomic E-state index is 6.13. The molecule has 0 N–H and O–H groups in total. The molecule has 0 fully saturated rings. The molecule has 1 aromatic heterocycles. The predicted octanol–water partition coefficient (Wildman–Crippen LogP) is 4.36. The molecule has 0 aliphatic rings. The lowest BCUT2D eigenvalue weighted by Gasteiger charge is -2.04. The molecule has 0 amide bonds. The van der Waals surface area contributed by atoms with Crippen LogP contribution in [0.5, 0.6) is 0 Å². The lowest BCUT2D eigenvalue weighted by molar-refractivity contribution is 0.643. The molecule has 0 spiro atoms. The summed E-state index contributed by atoms with van der Waals surface area (Å²) in [5.74, 6) is 0.657. The molecule has 0 radical (unpaired) electrons. The summed E-state index contributed by atoms with van der Waals surface area (Å²) in [5.41, 5.74) is 0.911. The van der Waals surface area contributed by atoms with Crippen molar-refractivity contribution in [1.29, 1.82) is 0 Å². The number of hydrogen-bond acceptors (Lipinski definition) is 5. The maximum Gasteiger partial charge on any atom is 0.233 e. The largest absolute Gasteiger partial charge is 0.369 e. The summed E-state index contributed by atoms with van der Waals surface area (Å²) in [4.78, 5) is 6.04. The normalized spacial score (nSPS) is 11.2. The van der Waals surface area contributed by atoms with Gasteiger partial charge in [-0.25, -0.2) is 4.99 Å². The molecule has 0 bridgehead atoms. The standard InChI is InChI=1S/C12H12Cl2N4S2/c1-18(2)7-15-11-16-17-12(20-11)19-6-8-9(13)4-3-5-10(8)14/h3-5,7H,6H2,1-2H3/b15-7+. The number of rotatable bonds is 5. The van der Waals surface area contributed by atoms with Crippen LogP contribution >= 0.6 is 46.3 Å². The van der Waals surface area contributed by atoms with Gasteiger partial charge < -0.3 is 4.90 Å². The van der Waals surface area contributed by atoms with Crippen LogP contribution in [-0.4, -0.2) is 35.5 Å². The van der Waals surface area contributed by atoms with E-state index >= 15 is 0 Å². The summed E-state index contributed by atoms with van der Waals surface area (Å²) in [6.07, 6.45) is 1.69. The lowest BCUT2D eigenvalue weighted by Crippen LogP contribution is -2.06. The molecule has 8 heteroatoms. The molecule has 0 aliphatic carbocycles. The number of hydrogen-bond donors (Lipinski definition) is 0. The molecular formula is C12H12Cl2N4S2. The molecule has 1 heterocycles. The zero-order valence-corrected chi connectivity index (χ0v) is 14.0. The minimum atomic E-state index is 0.631. The second kappa shape index (κ2) is 7.26. The van der Waals surface area contributed by atoms with E-state index in [4.69, 9.17) is 23.2 Å². The van der Waals surface area contributed by atoms with E-state index in [1.807, 2.05) is 37.2 Å². The minimum absolute atomic E-state index is 0.631. The lowest BCUT2D eigenvalue weighted by atomic mass is 10.2. The molecule has 0 atom stereocenters. The highest BCUT2D eigenvalue weighted by Crippen LogP contribution is 2.34. The van der Waals surface area contributed by atoms with Gasteiger partial charge in [-0.1, -0.05) is 52.4 Å². The van der Waals surface area contributed by atoms with Crippen molar-refractivity contribution in [2.24, 2.45) is 4.99 Å². The van der Waals surface area contributed by atoms with Crippen LogP contribution in [0.15, 0.2) is 27.5 Å². The first-order valence-corrected chi connectivity index (χ1v) is 8.22. The Bertz CT molecular complexity index is 593. The summed E-state index contributed by atoms with van der Waals surface area (Å²) in [5, 5.41) is 10.0. The highest BCUT2D eigenvalue weighted by atomic mass is 35.5. The van der Waals surface area contributed by atoms with Crippen molar-refractivity contribution >= 4 is 57.8 Å². The third-order valence-corrected chi connectivity index (χ3v) is 4.90. The van der Waals surface area contributed by atoms with E-state index in [0.29, 0.717) is 20.9 Å². The fourth-order valence-corrected chi connectivity index (χ4v) is 3.70. The van der Waals surface area contributed by atoms with Crippen molar-refractivity contribution in [3.8, 4) is 0 Å². The molecule has 0 saturated heterocycles. The van der Waals surface area contributed by atoms with Gasteiger partial charge in [-0.3, -0.25) is 0 Å². The molecule has 1 aromatic carbocycles. The van der Waals surface area contributed by atoms with Gasteiger partial charge in [0.25, 0.3) is 0 Å². The van der Waals surface area contributed by atoms with Crippen LogP contribution in [0.4, 0.5) is 5.13 Å². The van der Waals surface area contributed by atoms with Gasteiger partial charge in [-0.15, -0.1) is 10.2 Å². The Morgan fingerprint density at radius 1 is 1.30 bits per heavy atom. The molecule has 20 heavy (non-hydrogen) atoms. The average Bonchev–Trinajstić information content (AvgIpc) is 2.84. The summed E-state index contributed by atoms with van der Waals surface area (Å²) >= 11 is 15.2. The van der Waals surface area contributed by atoms with Gasteiger partial charge in [0.1, 0.15) is 0 Å². The Morgan fingerprint density at radius 2 is 2.00 bits per heavy atom. The van der Waals surface area contributed by atoms with Crippen molar-refractivity contribution < 1.29 is 0 Å². The highest BCUT2D eigenvalue weighted by Gasteiger charge is 2.09. The van der Waals surface area contributed by atoms with Gasteiger partial charge in [0.2, 0.25) is 5.13 Å². The summed E-state index contributed by atoms with van der Waals surface area (Å²) in [6, 6.07) is 5.49. The van der Waals surface area contributed by atoms with E-state index in [9.17, 15) is 0 Å². The second-order valence-corrected chi connectivity index (χ2v) is 7.04. The zero-order chi connectivity index (χ0) is 14.5. The van der Waals surface area contributed by atoms with Crippen LogP contribution in [0.3, 0.4) is 0 Å². The van der Waals surface area contributed by atoms with E-state index in [0.717, 1.165) is 9.90 Å². The highest BCUT2D eigenvalue weighted by molar-refractivity contribution is 8.00. The van der Waals surface area contributed by atoms with Gasteiger partial charge in [-0.2, -0.15) is 0 Å². The first kappa shape index (κ1) is 15.6. The molecule has 106 valence electrons. The molecule has 2 aromatic rings. The fraction of sp³-hybridized carbons (Fsp3) is 0.250. The van der Waals surface area contributed by atoms with Crippen LogP contribution in [0.1, 0.15) is 5.56 Å². The number of benzene rings is 1. The van der Waals surface area contributed by atoms with Crippen LogP contribution < -0.4 is 0 Å². The Kier molecular flexibility index (Phi) is 5.65. The van der Waals surface area contributed by atoms with Gasteiger partial charge in [-0.05, 0) is 17.7 Å². The maximum absolute atomic E-state index is 6.13. The molecule has 0 aliphatic heterocycles. The molecule has 0 unspecified atom stereocenters. The Hall–Kier alpha value is -0.820.